The largest absolute Gasteiger partial charge is 0.347 e. The van der Waals surface area contributed by atoms with E-state index in [1.807, 2.05) is 30.3 Å². The number of anilines is 1. The van der Waals surface area contributed by atoms with Crippen molar-refractivity contribution in [3.8, 4) is 0 Å². The van der Waals surface area contributed by atoms with Crippen molar-refractivity contribution in [3.05, 3.63) is 148 Å². The van der Waals surface area contributed by atoms with Crippen molar-refractivity contribution in [1.82, 2.24) is 0 Å². The monoisotopic (exact) mass is 803 g/mol. The molecule has 0 atom stereocenters. The summed E-state index contributed by atoms with van der Waals surface area (Å²) < 4.78 is 69.1. The van der Waals surface area contributed by atoms with Crippen molar-refractivity contribution in [2.24, 2.45) is 0 Å². The number of nitrogens with zero attached hydrogens (tertiary/aromatic N) is 2. The Balaban J connectivity index is 1.17. The Morgan fingerprint density at radius 2 is 1.32 bits per heavy atom. The van der Waals surface area contributed by atoms with Crippen molar-refractivity contribution < 1.29 is 30.5 Å². The lowest BCUT2D eigenvalue weighted by atomic mass is 9.79. The van der Waals surface area contributed by atoms with Gasteiger partial charge in [0.15, 0.2) is 5.71 Å². The summed E-state index contributed by atoms with van der Waals surface area (Å²) in [5.74, 6) is 0. The zero-order chi connectivity index (χ0) is 39.9. The Hall–Kier alpha value is -4.78. The van der Waals surface area contributed by atoms with Crippen LogP contribution < -0.4 is 4.90 Å². The van der Waals surface area contributed by atoms with Gasteiger partial charge in [-0.1, -0.05) is 74.2 Å². The summed E-state index contributed by atoms with van der Waals surface area (Å²) in [6.45, 7) is 8.78. The average molecular weight is 804 g/mol. The summed E-state index contributed by atoms with van der Waals surface area (Å²) in [5, 5.41) is 3.42. The number of likely N-dealkylation sites (N-methyl/N-ethyl adjacent to an activating group) is 1. The zero-order valence-corrected chi connectivity index (χ0v) is 34.5. The van der Waals surface area contributed by atoms with Crippen molar-refractivity contribution >= 4 is 70.6 Å². The molecule has 0 radical (unpaired) electrons. The van der Waals surface area contributed by atoms with E-state index in [-0.39, 0.29) is 20.6 Å². The summed E-state index contributed by atoms with van der Waals surface area (Å²) in [5.41, 5.74) is 8.32. The molecule has 2 heterocycles. The van der Waals surface area contributed by atoms with Crippen LogP contribution in [-0.4, -0.2) is 50.3 Å². The lowest BCUT2D eigenvalue weighted by molar-refractivity contribution is -0.401. The van der Waals surface area contributed by atoms with Gasteiger partial charge in [-0.05, 0) is 120 Å². The molecular formula is C45H43N2O6S3+. The highest BCUT2D eigenvalue weighted by Gasteiger charge is 2.44. The lowest BCUT2D eigenvalue weighted by Crippen LogP contribution is -2.26. The van der Waals surface area contributed by atoms with Gasteiger partial charge >= 0.3 is 0 Å². The Labute approximate surface area is 332 Å². The molecular weight excluding hydrogens is 761 g/mol. The summed E-state index contributed by atoms with van der Waals surface area (Å²) in [6.07, 6.45) is 10.7. The molecule has 5 aromatic rings. The first-order valence-electron chi connectivity index (χ1n) is 18.4. The fraction of sp³-hybridized carbons (Fsp3) is 0.222. The van der Waals surface area contributed by atoms with Gasteiger partial charge in [0, 0.05) is 51.4 Å². The van der Waals surface area contributed by atoms with Gasteiger partial charge in [0.05, 0.1) is 15.2 Å². The lowest BCUT2D eigenvalue weighted by Gasteiger charge is -2.24. The number of benzene rings is 5. The van der Waals surface area contributed by atoms with Gasteiger partial charge in [-0.2, -0.15) is 21.4 Å². The molecule has 8 nitrogen and oxygen atoms in total. The number of fused-ring (bicyclic) bond motifs is 6. The molecule has 286 valence electrons. The van der Waals surface area contributed by atoms with E-state index in [0.29, 0.717) is 0 Å². The van der Waals surface area contributed by atoms with Gasteiger partial charge in [0.2, 0.25) is 5.69 Å². The van der Waals surface area contributed by atoms with Crippen LogP contribution >= 0.6 is 11.8 Å². The van der Waals surface area contributed by atoms with E-state index >= 15 is 0 Å². The van der Waals surface area contributed by atoms with Crippen molar-refractivity contribution in [2.75, 3.05) is 19.0 Å². The maximum absolute atomic E-state index is 11.9. The molecule has 2 N–H and O–H groups in total. The smallest absolute Gasteiger partial charge is 0.294 e. The van der Waals surface area contributed by atoms with Crippen LogP contribution in [0.1, 0.15) is 51.7 Å². The van der Waals surface area contributed by atoms with Crippen LogP contribution in [0.25, 0.3) is 21.5 Å². The fourth-order valence-corrected chi connectivity index (χ4v) is 11.1. The summed E-state index contributed by atoms with van der Waals surface area (Å²) in [7, 11) is -4.50. The maximum Gasteiger partial charge on any atom is 0.294 e. The van der Waals surface area contributed by atoms with Gasteiger partial charge in [0.1, 0.15) is 7.05 Å². The van der Waals surface area contributed by atoms with Crippen LogP contribution in [0.4, 0.5) is 11.4 Å². The Kier molecular flexibility index (Phi) is 9.13. The van der Waals surface area contributed by atoms with E-state index in [9.17, 15) is 25.9 Å². The van der Waals surface area contributed by atoms with Gasteiger partial charge in [-0.15, -0.1) is 0 Å². The molecule has 1 aliphatic carbocycles. The molecule has 0 bridgehead atoms. The molecule has 56 heavy (non-hydrogen) atoms. The normalized spacial score (nSPS) is 19.4. The second-order valence-corrected chi connectivity index (χ2v) is 19.7. The summed E-state index contributed by atoms with van der Waals surface area (Å²) in [6, 6.07) is 27.8. The fourth-order valence-electron chi connectivity index (χ4n) is 8.90. The SMILES string of the molecule is CN1/C(=C\C=C2\CCC(/C=C/C3=[N+](C)c4ccc5cc(S(=O)(=O)O)ccc5c4C3(C)C)=C2Sc2ccccc2)C(C)(C)c2c1ccc1cc(S(=O)(=O)O)ccc21. The van der Waals surface area contributed by atoms with Crippen molar-refractivity contribution in [2.45, 2.75) is 66.1 Å². The van der Waals surface area contributed by atoms with Crippen molar-refractivity contribution in [1.29, 1.82) is 0 Å². The van der Waals surface area contributed by atoms with Gasteiger partial charge in [-0.25, -0.2) is 0 Å². The molecule has 3 aliphatic rings. The number of hydrogen-bond donors (Lipinski definition) is 2. The first-order valence-corrected chi connectivity index (χ1v) is 22.1. The van der Waals surface area contributed by atoms with Gasteiger partial charge in [-0.3, -0.25) is 9.11 Å². The zero-order valence-electron chi connectivity index (χ0n) is 32.0. The molecule has 0 amide bonds. The molecule has 0 saturated carbocycles. The summed E-state index contributed by atoms with van der Waals surface area (Å²) >= 11 is 1.77. The van der Waals surface area contributed by atoms with Crippen LogP contribution in [0, 0.1) is 0 Å². The minimum atomic E-state index is -4.32. The third kappa shape index (κ3) is 6.35. The van der Waals surface area contributed by atoms with Gasteiger partial charge in [0.25, 0.3) is 20.2 Å². The number of rotatable bonds is 7. The van der Waals surface area contributed by atoms with E-state index in [4.69, 9.17) is 0 Å². The van der Waals surface area contributed by atoms with E-state index in [0.717, 1.165) is 73.2 Å². The highest BCUT2D eigenvalue weighted by molar-refractivity contribution is 8.03. The third-order valence-electron chi connectivity index (χ3n) is 11.6. The Morgan fingerprint density at radius 1 is 0.714 bits per heavy atom. The average Bonchev–Trinajstić information content (AvgIpc) is 3.68. The topological polar surface area (TPSA) is 115 Å². The molecule has 2 aliphatic heterocycles. The van der Waals surface area contributed by atoms with Crippen molar-refractivity contribution in [3.63, 3.8) is 0 Å². The second kappa shape index (κ2) is 13.4. The molecule has 5 aromatic carbocycles. The van der Waals surface area contributed by atoms with E-state index < -0.39 is 20.2 Å². The first-order chi connectivity index (χ1) is 26.4. The predicted molar refractivity (Wildman–Crippen MR) is 227 cm³/mol. The second-order valence-electron chi connectivity index (χ2n) is 15.7. The minimum absolute atomic E-state index is 0.118. The molecule has 0 spiro atoms. The third-order valence-corrected chi connectivity index (χ3v) is 14.5. The van der Waals surface area contributed by atoms with Crippen LogP contribution in [0.15, 0.2) is 152 Å². The van der Waals surface area contributed by atoms with Crippen LogP contribution in [0.3, 0.4) is 0 Å². The van der Waals surface area contributed by atoms with E-state index in [1.165, 1.54) is 40.3 Å². The predicted octanol–water partition coefficient (Wildman–Crippen LogP) is 10.1. The maximum atomic E-state index is 11.9. The molecule has 8 rings (SSSR count). The standard InChI is InChI=1S/C45H42N2O6S3/c1-44(2)39(46(5)37-22-14-30-26-33(55(48,49)50)18-20-35(30)41(37)44)24-16-28-12-13-29(43(28)54-32-10-8-7-9-11-32)17-25-40-45(3,4)42-36-21-19-34(56(51,52)53)27-31(36)15-23-38(42)47(40)6/h7-11,14-27H,12-13H2,1-6H3,(H-,48,49,50,51,52,53)/p+1. The molecule has 0 fully saturated rings. The highest BCUT2D eigenvalue weighted by atomic mass is 32.2. The Morgan fingerprint density at radius 3 is 1.95 bits per heavy atom. The quantitative estimate of drug-likeness (QED) is 0.123. The number of hydrogen-bond acceptors (Lipinski definition) is 6. The molecule has 11 heteroatoms. The molecule has 0 aromatic heterocycles. The molecule has 0 saturated heterocycles. The van der Waals surface area contributed by atoms with Crippen LogP contribution in [-0.2, 0) is 31.1 Å². The number of thioether (sulfide) groups is 1. The number of allylic oxidation sites excluding steroid dienone is 7. The first kappa shape index (κ1) is 38.1. The van der Waals surface area contributed by atoms with Crippen LogP contribution in [0.2, 0.25) is 0 Å². The van der Waals surface area contributed by atoms with E-state index in [1.54, 1.807) is 23.9 Å². The summed E-state index contributed by atoms with van der Waals surface area (Å²) in [4.78, 5) is 4.36. The molecule has 0 unspecified atom stereocenters. The Bertz CT molecular complexity index is 2900. The van der Waals surface area contributed by atoms with E-state index in [2.05, 4.69) is 99.8 Å². The van der Waals surface area contributed by atoms with Gasteiger partial charge < -0.3 is 4.90 Å². The highest BCUT2D eigenvalue weighted by Crippen LogP contribution is 2.51. The minimum Gasteiger partial charge on any atom is -0.347 e. The van der Waals surface area contributed by atoms with Crippen LogP contribution in [0.5, 0.6) is 0 Å².